The number of nitrogens with zero attached hydrogens (tertiary/aromatic N) is 1. The van der Waals surface area contributed by atoms with Crippen molar-refractivity contribution in [1.29, 1.82) is 0 Å². The first kappa shape index (κ1) is 11.0. The number of carbonyl (C=O) groups excluding carboxylic acids is 1. The van der Waals surface area contributed by atoms with Crippen molar-refractivity contribution in [2.75, 3.05) is 0 Å². The van der Waals surface area contributed by atoms with Crippen LogP contribution in [0.2, 0.25) is 5.02 Å². The van der Waals surface area contributed by atoms with Gasteiger partial charge in [0.2, 0.25) is 0 Å². The van der Waals surface area contributed by atoms with Crippen LogP contribution in [0.5, 0.6) is 0 Å². The molecule has 0 saturated carbocycles. The zero-order valence-corrected chi connectivity index (χ0v) is 9.34. The topological polar surface area (TPSA) is 67.5 Å². The minimum Gasteiger partial charge on any atom is -0.350 e. The van der Waals surface area contributed by atoms with E-state index in [2.05, 4.69) is 26.5 Å². The van der Waals surface area contributed by atoms with Gasteiger partial charge in [-0.25, -0.2) is 10.2 Å². The summed E-state index contributed by atoms with van der Waals surface area (Å²) in [5.41, 5.74) is 7.59. The lowest BCUT2D eigenvalue weighted by molar-refractivity contribution is 0.249. The highest BCUT2D eigenvalue weighted by Gasteiger charge is 1.97. The summed E-state index contributed by atoms with van der Waals surface area (Å²) >= 11 is 9.15. The van der Waals surface area contributed by atoms with Gasteiger partial charge in [-0.2, -0.15) is 5.10 Å². The third-order valence-electron chi connectivity index (χ3n) is 1.34. The Morgan fingerprint density at radius 3 is 2.93 bits per heavy atom. The second-order valence-electron chi connectivity index (χ2n) is 2.40. The highest BCUT2D eigenvalue weighted by molar-refractivity contribution is 9.10. The van der Waals surface area contributed by atoms with Crippen LogP contribution in [0.1, 0.15) is 5.56 Å². The van der Waals surface area contributed by atoms with Crippen molar-refractivity contribution in [2.45, 2.75) is 0 Å². The summed E-state index contributed by atoms with van der Waals surface area (Å²) < 4.78 is 0.877. The van der Waals surface area contributed by atoms with Gasteiger partial charge in [-0.1, -0.05) is 33.6 Å². The SMILES string of the molecule is NC(=O)N/N=C/c1ccc(Br)cc1Cl. The van der Waals surface area contributed by atoms with Crippen molar-refractivity contribution in [1.82, 2.24) is 5.43 Å². The molecule has 0 fully saturated rings. The second-order valence-corrected chi connectivity index (χ2v) is 3.72. The van der Waals surface area contributed by atoms with Crippen molar-refractivity contribution in [3.8, 4) is 0 Å². The van der Waals surface area contributed by atoms with Crippen molar-refractivity contribution in [3.05, 3.63) is 33.3 Å². The van der Waals surface area contributed by atoms with E-state index in [0.717, 1.165) is 4.47 Å². The molecular weight excluding hydrogens is 269 g/mol. The summed E-state index contributed by atoms with van der Waals surface area (Å²) in [5.74, 6) is 0. The normalized spacial score (nSPS) is 10.4. The van der Waals surface area contributed by atoms with Crippen LogP contribution in [0.3, 0.4) is 0 Å². The number of urea groups is 1. The highest BCUT2D eigenvalue weighted by atomic mass is 79.9. The molecule has 4 nitrogen and oxygen atoms in total. The minimum absolute atomic E-state index is 0.536. The van der Waals surface area contributed by atoms with Gasteiger partial charge in [0.1, 0.15) is 0 Å². The molecule has 0 aromatic heterocycles. The molecule has 0 atom stereocenters. The van der Waals surface area contributed by atoms with E-state index >= 15 is 0 Å². The van der Waals surface area contributed by atoms with E-state index in [1.54, 1.807) is 12.1 Å². The molecule has 0 bridgehead atoms. The number of benzene rings is 1. The van der Waals surface area contributed by atoms with Gasteiger partial charge in [0.05, 0.1) is 11.2 Å². The number of amides is 2. The average molecular weight is 277 g/mol. The number of hydrogen-bond donors (Lipinski definition) is 2. The Morgan fingerprint density at radius 2 is 2.36 bits per heavy atom. The zero-order valence-electron chi connectivity index (χ0n) is 7.00. The van der Waals surface area contributed by atoms with E-state index in [-0.39, 0.29) is 0 Å². The summed E-state index contributed by atoms with van der Waals surface area (Å²) in [6.07, 6.45) is 1.42. The fourth-order valence-electron chi connectivity index (χ4n) is 0.772. The maximum absolute atomic E-state index is 10.3. The lowest BCUT2D eigenvalue weighted by Crippen LogP contribution is -2.24. The largest absolute Gasteiger partial charge is 0.350 e. The van der Waals surface area contributed by atoms with Gasteiger partial charge >= 0.3 is 6.03 Å². The molecule has 0 radical (unpaired) electrons. The quantitative estimate of drug-likeness (QED) is 0.630. The predicted octanol–water partition coefficient (Wildman–Crippen LogP) is 2.10. The average Bonchev–Trinajstić information content (AvgIpc) is 2.08. The Balaban J connectivity index is 2.76. The second kappa shape index (κ2) is 4.97. The number of nitrogens with two attached hydrogens (primary N) is 1. The predicted molar refractivity (Wildman–Crippen MR) is 59.5 cm³/mol. The third-order valence-corrected chi connectivity index (χ3v) is 2.16. The number of nitrogens with one attached hydrogen (secondary N) is 1. The monoisotopic (exact) mass is 275 g/mol. The molecule has 74 valence electrons. The van der Waals surface area contributed by atoms with Gasteiger partial charge in [0, 0.05) is 10.0 Å². The first-order valence-electron chi connectivity index (χ1n) is 3.63. The van der Waals surface area contributed by atoms with Gasteiger partial charge in [0.25, 0.3) is 0 Å². The van der Waals surface area contributed by atoms with E-state index in [1.807, 2.05) is 6.07 Å². The van der Waals surface area contributed by atoms with Crippen molar-refractivity contribution in [2.24, 2.45) is 10.8 Å². The van der Waals surface area contributed by atoms with E-state index in [0.29, 0.717) is 10.6 Å². The van der Waals surface area contributed by atoms with Crippen molar-refractivity contribution < 1.29 is 4.79 Å². The Kier molecular flexibility index (Phi) is 3.91. The molecule has 0 spiro atoms. The number of carbonyl (C=O) groups is 1. The molecule has 0 aliphatic carbocycles. The van der Waals surface area contributed by atoms with Crippen molar-refractivity contribution >= 4 is 39.8 Å². The molecule has 0 heterocycles. The molecule has 14 heavy (non-hydrogen) atoms. The Hall–Kier alpha value is -1.07. The molecular formula is C8H7BrClN3O. The lowest BCUT2D eigenvalue weighted by atomic mass is 10.2. The first-order valence-corrected chi connectivity index (χ1v) is 4.80. The molecule has 0 aliphatic rings. The molecule has 0 aliphatic heterocycles. The number of hydrogen-bond acceptors (Lipinski definition) is 2. The number of hydrazone groups is 1. The van der Waals surface area contributed by atoms with Gasteiger partial charge in [-0.15, -0.1) is 0 Å². The lowest BCUT2D eigenvalue weighted by Gasteiger charge is -1.97. The number of rotatable bonds is 2. The summed E-state index contributed by atoms with van der Waals surface area (Å²) in [7, 11) is 0. The van der Waals surface area contributed by atoms with Gasteiger partial charge < -0.3 is 5.73 Å². The smallest absolute Gasteiger partial charge is 0.332 e. The van der Waals surface area contributed by atoms with E-state index in [1.165, 1.54) is 6.21 Å². The van der Waals surface area contributed by atoms with Gasteiger partial charge in [-0.3, -0.25) is 0 Å². The molecule has 0 saturated heterocycles. The summed E-state index contributed by atoms with van der Waals surface area (Å²) in [5, 5.41) is 4.12. The molecule has 1 aromatic carbocycles. The van der Waals surface area contributed by atoms with Gasteiger partial charge in [-0.05, 0) is 12.1 Å². The number of primary amides is 1. The van der Waals surface area contributed by atoms with Gasteiger partial charge in [0.15, 0.2) is 0 Å². The summed E-state index contributed by atoms with van der Waals surface area (Å²) in [6.45, 7) is 0. The highest BCUT2D eigenvalue weighted by Crippen LogP contribution is 2.19. The fraction of sp³-hybridized carbons (Fsp3) is 0. The van der Waals surface area contributed by atoms with E-state index in [9.17, 15) is 4.79 Å². The zero-order chi connectivity index (χ0) is 10.6. The van der Waals surface area contributed by atoms with E-state index < -0.39 is 6.03 Å². The first-order chi connectivity index (χ1) is 6.59. The molecule has 2 amide bonds. The molecule has 0 unspecified atom stereocenters. The molecule has 1 rings (SSSR count). The molecule has 1 aromatic rings. The minimum atomic E-state index is -0.713. The Labute approximate surface area is 94.2 Å². The third kappa shape index (κ3) is 3.35. The standard InChI is InChI=1S/C8H7BrClN3O/c9-6-2-1-5(7(10)3-6)4-12-13-8(11)14/h1-4H,(H3,11,13,14)/b12-4+. The van der Waals surface area contributed by atoms with Crippen LogP contribution >= 0.6 is 27.5 Å². The maximum atomic E-state index is 10.3. The molecule has 6 heteroatoms. The van der Waals surface area contributed by atoms with Crippen LogP contribution in [0.25, 0.3) is 0 Å². The maximum Gasteiger partial charge on any atom is 0.332 e. The van der Waals surface area contributed by atoms with Crippen molar-refractivity contribution in [3.63, 3.8) is 0 Å². The van der Waals surface area contributed by atoms with Crippen LogP contribution in [0.4, 0.5) is 4.79 Å². The van der Waals surface area contributed by atoms with Crippen LogP contribution in [-0.2, 0) is 0 Å². The van der Waals surface area contributed by atoms with Crippen LogP contribution in [0, 0.1) is 0 Å². The van der Waals surface area contributed by atoms with Crippen LogP contribution in [0.15, 0.2) is 27.8 Å². The fourth-order valence-corrected chi connectivity index (χ4v) is 1.49. The summed E-state index contributed by atoms with van der Waals surface area (Å²) in [4.78, 5) is 10.3. The Bertz CT molecular complexity index is 381. The van der Waals surface area contributed by atoms with Crippen LogP contribution in [-0.4, -0.2) is 12.2 Å². The van der Waals surface area contributed by atoms with E-state index in [4.69, 9.17) is 17.3 Å². The number of halogens is 2. The molecule has 3 N–H and O–H groups in total. The van der Waals surface area contributed by atoms with Crippen LogP contribution < -0.4 is 11.2 Å². The Morgan fingerprint density at radius 1 is 1.64 bits per heavy atom. The summed E-state index contributed by atoms with van der Waals surface area (Å²) in [6, 6.07) is 4.60.